The highest BCUT2D eigenvalue weighted by Crippen LogP contribution is 2.24. The van der Waals surface area contributed by atoms with E-state index in [9.17, 15) is 12.8 Å². The molecule has 1 heterocycles. The predicted molar refractivity (Wildman–Crippen MR) is 89.3 cm³/mol. The van der Waals surface area contributed by atoms with E-state index in [1.807, 2.05) is 0 Å². The van der Waals surface area contributed by atoms with Gasteiger partial charge in [0.2, 0.25) is 10.0 Å². The highest BCUT2D eigenvalue weighted by atomic mass is 35.5. The summed E-state index contributed by atoms with van der Waals surface area (Å²) in [5.41, 5.74) is 6.05. The molecule has 1 aromatic rings. The Hall–Kier alpha value is -0.400. The Kier molecular flexibility index (Phi) is 7.55. The Balaban J connectivity index is 0.00000242. The maximum Gasteiger partial charge on any atom is 0.218 e. The molecule has 1 fully saturated rings. The van der Waals surface area contributed by atoms with Crippen LogP contribution >= 0.6 is 24.0 Å². The summed E-state index contributed by atoms with van der Waals surface area (Å²) in [5.74, 6) is -0.364. The SMILES string of the molecule is Cl.NCCC1CCCN(S(=O)(=O)Cc2ccc(F)c(Cl)c2)C1. The lowest BCUT2D eigenvalue weighted by Gasteiger charge is -2.31. The molecule has 1 saturated heterocycles. The first-order chi connectivity index (χ1) is 9.92. The van der Waals surface area contributed by atoms with Crippen molar-refractivity contribution in [3.05, 3.63) is 34.6 Å². The van der Waals surface area contributed by atoms with Gasteiger partial charge in [0, 0.05) is 13.1 Å². The molecule has 2 rings (SSSR count). The molecule has 0 aromatic heterocycles. The van der Waals surface area contributed by atoms with Crippen LogP contribution in [0.3, 0.4) is 0 Å². The quantitative estimate of drug-likeness (QED) is 0.866. The van der Waals surface area contributed by atoms with E-state index in [-0.39, 0.29) is 23.2 Å². The second kappa shape index (κ2) is 8.45. The molecule has 0 bridgehead atoms. The van der Waals surface area contributed by atoms with Gasteiger partial charge in [-0.1, -0.05) is 17.7 Å². The average Bonchev–Trinajstić information content (AvgIpc) is 2.43. The summed E-state index contributed by atoms with van der Waals surface area (Å²) in [6, 6.07) is 4.02. The normalized spacial score (nSPS) is 19.7. The van der Waals surface area contributed by atoms with Crippen LogP contribution in [-0.4, -0.2) is 32.4 Å². The zero-order valence-electron chi connectivity index (χ0n) is 12.2. The fourth-order valence-electron chi connectivity index (χ4n) is 2.68. The highest BCUT2D eigenvalue weighted by Gasteiger charge is 2.28. The minimum absolute atomic E-state index is 0. The molecular formula is C14H21Cl2FN2O2S. The topological polar surface area (TPSA) is 63.4 Å². The summed E-state index contributed by atoms with van der Waals surface area (Å²) in [4.78, 5) is 0. The number of sulfonamides is 1. The van der Waals surface area contributed by atoms with E-state index in [4.69, 9.17) is 17.3 Å². The van der Waals surface area contributed by atoms with E-state index in [1.54, 1.807) is 0 Å². The van der Waals surface area contributed by atoms with Crippen LogP contribution in [0.1, 0.15) is 24.8 Å². The van der Waals surface area contributed by atoms with E-state index in [1.165, 1.54) is 22.5 Å². The van der Waals surface area contributed by atoms with Gasteiger partial charge in [0.15, 0.2) is 0 Å². The van der Waals surface area contributed by atoms with Crippen molar-refractivity contribution in [3.63, 3.8) is 0 Å². The Bertz CT molecular complexity index is 597. The van der Waals surface area contributed by atoms with Crippen molar-refractivity contribution in [1.29, 1.82) is 0 Å². The molecule has 0 spiro atoms. The van der Waals surface area contributed by atoms with Gasteiger partial charge in [-0.3, -0.25) is 0 Å². The molecule has 1 atom stereocenters. The van der Waals surface area contributed by atoms with Crippen molar-refractivity contribution in [3.8, 4) is 0 Å². The summed E-state index contributed by atoms with van der Waals surface area (Å²) >= 11 is 5.70. The first-order valence-corrected chi connectivity index (χ1v) is 9.03. The second-order valence-corrected chi connectivity index (χ2v) is 7.82. The maximum absolute atomic E-state index is 13.1. The lowest BCUT2D eigenvalue weighted by molar-refractivity contribution is 0.258. The third-order valence-electron chi connectivity index (χ3n) is 3.78. The van der Waals surface area contributed by atoms with E-state index in [0.29, 0.717) is 31.1 Å². The Labute approximate surface area is 142 Å². The van der Waals surface area contributed by atoms with Gasteiger partial charge in [-0.2, -0.15) is 0 Å². The highest BCUT2D eigenvalue weighted by molar-refractivity contribution is 7.88. The van der Waals surface area contributed by atoms with Crippen LogP contribution in [0.25, 0.3) is 0 Å². The molecule has 8 heteroatoms. The van der Waals surface area contributed by atoms with Gasteiger partial charge < -0.3 is 5.73 Å². The minimum Gasteiger partial charge on any atom is -0.330 e. The Morgan fingerprint density at radius 3 is 2.77 bits per heavy atom. The van der Waals surface area contributed by atoms with Crippen molar-refractivity contribution in [1.82, 2.24) is 4.31 Å². The second-order valence-electron chi connectivity index (χ2n) is 5.45. The van der Waals surface area contributed by atoms with Gasteiger partial charge in [0.1, 0.15) is 5.82 Å². The summed E-state index contributed by atoms with van der Waals surface area (Å²) in [5, 5.41) is -0.0534. The number of piperidine rings is 1. The molecule has 0 radical (unpaired) electrons. The summed E-state index contributed by atoms with van der Waals surface area (Å²) in [6.07, 6.45) is 2.72. The third-order valence-corrected chi connectivity index (χ3v) is 5.89. The van der Waals surface area contributed by atoms with Crippen LogP contribution in [0.4, 0.5) is 4.39 Å². The molecule has 2 N–H and O–H groups in total. The van der Waals surface area contributed by atoms with Gasteiger partial charge in [0.05, 0.1) is 10.8 Å². The zero-order valence-corrected chi connectivity index (χ0v) is 14.6. The summed E-state index contributed by atoms with van der Waals surface area (Å²) in [6.45, 7) is 1.64. The summed E-state index contributed by atoms with van der Waals surface area (Å²) < 4.78 is 39.6. The molecule has 0 amide bonds. The van der Waals surface area contributed by atoms with Crippen molar-refractivity contribution in [2.45, 2.75) is 25.0 Å². The zero-order chi connectivity index (χ0) is 15.5. The monoisotopic (exact) mass is 370 g/mol. The minimum atomic E-state index is -3.41. The van der Waals surface area contributed by atoms with Crippen molar-refractivity contribution in [2.24, 2.45) is 11.7 Å². The first-order valence-electron chi connectivity index (χ1n) is 7.04. The molecular weight excluding hydrogens is 350 g/mol. The largest absolute Gasteiger partial charge is 0.330 e. The molecule has 0 saturated carbocycles. The molecule has 0 aliphatic carbocycles. The van der Waals surface area contributed by atoms with Crippen LogP contribution in [0.15, 0.2) is 18.2 Å². The maximum atomic E-state index is 13.1. The molecule has 126 valence electrons. The van der Waals surface area contributed by atoms with Gasteiger partial charge in [-0.05, 0) is 49.4 Å². The van der Waals surface area contributed by atoms with Crippen LogP contribution in [-0.2, 0) is 15.8 Å². The van der Waals surface area contributed by atoms with Crippen molar-refractivity contribution in [2.75, 3.05) is 19.6 Å². The molecule has 22 heavy (non-hydrogen) atoms. The van der Waals surface area contributed by atoms with Gasteiger partial charge in [-0.15, -0.1) is 12.4 Å². The molecule has 1 aliphatic heterocycles. The number of nitrogens with two attached hydrogens (primary N) is 1. The lowest BCUT2D eigenvalue weighted by Crippen LogP contribution is -2.41. The average molecular weight is 371 g/mol. The number of benzene rings is 1. The van der Waals surface area contributed by atoms with Gasteiger partial charge in [-0.25, -0.2) is 17.1 Å². The van der Waals surface area contributed by atoms with Crippen molar-refractivity contribution >= 4 is 34.0 Å². The van der Waals surface area contributed by atoms with Crippen LogP contribution < -0.4 is 5.73 Å². The Morgan fingerprint density at radius 1 is 1.41 bits per heavy atom. The molecule has 1 unspecified atom stereocenters. The van der Waals surface area contributed by atoms with E-state index < -0.39 is 15.8 Å². The first kappa shape index (κ1) is 19.6. The standard InChI is InChI=1S/C14H20ClFN2O2S.ClH/c15-13-8-12(3-4-14(13)16)10-21(19,20)18-7-1-2-11(9-18)5-6-17;/h3-4,8,11H,1-2,5-7,9-10,17H2;1H. The van der Waals surface area contributed by atoms with E-state index in [2.05, 4.69) is 0 Å². The number of halogens is 3. The lowest BCUT2D eigenvalue weighted by atomic mass is 9.96. The number of rotatable bonds is 5. The fraction of sp³-hybridized carbons (Fsp3) is 0.571. The Morgan fingerprint density at radius 2 is 2.14 bits per heavy atom. The predicted octanol–water partition coefficient (Wildman–Crippen LogP) is 2.79. The summed E-state index contributed by atoms with van der Waals surface area (Å²) in [7, 11) is -3.41. The smallest absolute Gasteiger partial charge is 0.218 e. The van der Waals surface area contributed by atoms with E-state index >= 15 is 0 Å². The number of hydrogen-bond acceptors (Lipinski definition) is 3. The number of nitrogens with zero attached hydrogens (tertiary/aromatic N) is 1. The molecule has 1 aromatic carbocycles. The molecule has 1 aliphatic rings. The number of hydrogen-bond donors (Lipinski definition) is 1. The van der Waals surface area contributed by atoms with Crippen LogP contribution in [0, 0.1) is 11.7 Å². The fourth-order valence-corrected chi connectivity index (χ4v) is 4.51. The van der Waals surface area contributed by atoms with Gasteiger partial charge >= 0.3 is 0 Å². The molecule has 4 nitrogen and oxygen atoms in total. The van der Waals surface area contributed by atoms with E-state index in [0.717, 1.165) is 19.3 Å². The third kappa shape index (κ3) is 5.06. The van der Waals surface area contributed by atoms with Crippen LogP contribution in [0.5, 0.6) is 0 Å². The van der Waals surface area contributed by atoms with Crippen molar-refractivity contribution < 1.29 is 12.8 Å². The van der Waals surface area contributed by atoms with Gasteiger partial charge in [0.25, 0.3) is 0 Å². The van der Waals surface area contributed by atoms with Crippen LogP contribution in [0.2, 0.25) is 5.02 Å².